The average Bonchev–Trinajstić information content (AvgIpc) is 3.37. The van der Waals surface area contributed by atoms with Gasteiger partial charge in [-0.2, -0.15) is 0 Å². The van der Waals surface area contributed by atoms with E-state index in [1.165, 1.54) is 6.08 Å². The minimum absolute atomic E-state index is 0.0526. The Morgan fingerprint density at radius 1 is 1.00 bits per heavy atom. The van der Waals surface area contributed by atoms with Crippen LogP contribution in [0.5, 0.6) is 0 Å². The number of ether oxygens (including phenoxy) is 1. The summed E-state index contributed by atoms with van der Waals surface area (Å²) in [6, 6.07) is -3.90. The van der Waals surface area contributed by atoms with Crippen molar-refractivity contribution in [3.05, 3.63) is 12.7 Å². The number of carbonyl (C=O) groups is 6. The van der Waals surface area contributed by atoms with Gasteiger partial charge in [0, 0.05) is 38.5 Å². The molecule has 6 atom stereocenters. The molecule has 3 aliphatic rings. The Hall–Kier alpha value is -4.08. The summed E-state index contributed by atoms with van der Waals surface area (Å²) in [5.41, 5.74) is -1.18. The number of urea groups is 1. The van der Waals surface area contributed by atoms with Gasteiger partial charge in [-0.3, -0.25) is 19.2 Å². The predicted octanol–water partition coefficient (Wildman–Crippen LogP) is 3.43. The quantitative estimate of drug-likeness (QED) is 0.0926. The second-order valence-corrected chi connectivity index (χ2v) is 16.2. The molecule has 6 amide bonds. The number of Topliss-reactive ketones (excluding diaryl/α,β-unsaturated/α-hetero) is 1. The smallest absolute Gasteiger partial charge is 0.407 e. The van der Waals surface area contributed by atoms with Crippen LogP contribution in [0.2, 0.25) is 0 Å². The number of terminal acetylenes is 1. The van der Waals surface area contributed by atoms with E-state index < -0.39 is 58.7 Å². The van der Waals surface area contributed by atoms with Crippen molar-refractivity contribution >= 4 is 35.6 Å². The highest BCUT2D eigenvalue weighted by Crippen LogP contribution is 2.65. The first-order valence-corrected chi connectivity index (χ1v) is 18.4. The second-order valence-electron chi connectivity index (χ2n) is 16.2. The van der Waals surface area contributed by atoms with Crippen molar-refractivity contribution in [2.75, 3.05) is 26.2 Å². The zero-order chi connectivity index (χ0) is 38.1. The van der Waals surface area contributed by atoms with Crippen molar-refractivity contribution in [1.82, 2.24) is 31.5 Å². The molecule has 0 radical (unpaired) electrons. The third-order valence-electron chi connectivity index (χ3n) is 11.1. The van der Waals surface area contributed by atoms with Gasteiger partial charge >= 0.3 is 12.1 Å². The first-order chi connectivity index (χ1) is 23.9. The van der Waals surface area contributed by atoms with Crippen LogP contribution in [0.3, 0.4) is 0 Å². The number of nitrogens with zero attached hydrogens (tertiary/aromatic N) is 1. The molecule has 13 heteroatoms. The maximum absolute atomic E-state index is 14.8. The summed E-state index contributed by atoms with van der Waals surface area (Å²) in [5, 5.41) is 13.9. The molecule has 5 N–H and O–H groups in total. The van der Waals surface area contributed by atoms with Crippen molar-refractivity contribution in [3.63, 3.8) is 0 Å². The molecule has 0 aromatic carbocycles. The predicted molar refractivity (Wildman–Crippen MR) is 194 cm³/mol. The molecule has 3 fully saturated rings. The lowest BCUT2D eigenvalue weighted by Crippen LogP contribution is -2.63. The zero-order valence-electron chi connectivity index (χ0n) is 31.6. The molecule has 1 aliphatic heterocycles. The minimum atomic E-state index is -1.17. The number of likely N-dealkylation sites (tertiary alicyclic amines) is 1. The number of fused-ring (bicyclic) bond motifs is 1. The molecule has 1 heterocycles. The topological polar surface area (TPSA) is 175 Å². The minimum Gasteiger partial charge on any atom is -0.449 e. The van der Waals surface area contributed by atoms with E-state index >= 15 is 0 Å². The summed E-state index contributed by atoms with van der Waals surface area (Å²) in [6.07, 6.45) is 11.2. The van der Waals surface area contributed by atoms with Crippen LogP contribution in [-0.2, 0) is 23.9 Å². The highest BCUT2D eigenvalue weighted by Gasteiger charge is 2.70. The lowest BCUT2D eigenvalue weighted by atomic mass is 9.70. The van der Waals surface area contributed by atoms with E-state index in [2.05, 4.69) is 52.9 Å². The van der Waals surface area contributed by atoms with E-state index in [-0.39, 0.29) is 55.2 Å². The maximum Gasteiger partial charge on any atom is 0.407 e. The number of alkyl carbamates (subject to hydrolysis) is 1. The SMILES string of the molecule is C#CCCC(NC(=O)[C@@H]1[C@@H]2[C@H](CN1C(=O)C(NC(=O)N[C@H](CCOC(=O)NCC)C(C)(C)C)C1(C)CCCCC1)C2(C)C)C(=O)C(=O)NCC=C. The third-order valence-corrected chi connectivity index (χ3v) is 11.1. The van der Waals surface area contributed by atoms with Crippen molar-refractivity contribution in [2.24, 2.45) is 28.1 Å². The monoisotopic (exact) mass is 712 g/mol. The number of hydrogen-bond acceptors (Lipinski definition) is 7. The average molecular weight is 713 g/mol. The summed E-state index contributed by atoms with van der Waals surface area (Å²) in [4.78, 5) is 81.8. The molecular weight excluding hydrogens is 652 g/mol. The fourth-order valence-electron chi connectivity index (χ4n) is 7.84. The Balaban J connectivity index is 1.87. The van der Waals surface area contributed by atoms with Gasteiger partial charge in [0.15, 0.2) is 0 Å². The third kappa shape index (κ3) is 10.3. The molecule has 0 aromatic rings. The Kier molecular flexibility index (Phi) is 14.1. The van der Waals surface area contributed by atoms with Crippen molar-refractivity contribution in [2.45, 2.75) is 124 Å². The molecule has 0 bridgehead atoms. The summed E-state index contributed by atoms with van der Waals surface area (Å²) in [5.74, 6) is -0.192. The van der Waals surface area contributed by atoms with Gasteiger partial charge in [0.1, 0.15) is 12.1 Å². The Morgan fingerprint density at radius 2 is 1.67 bits per heavy atom. The highest BCUT2D eigenvalue weighted by molar-refractivity contribution is 6.38. The second kappa shape index (κ2) is 17.4. The Bertz CT molecular complexity index is 1360. The fraction of sp³-hybridized carbons (Fsp3) is 0.737. The lowest BCUT2D eigenvalue weighted by Gasteiger charge is -2.43. The Morgan fingerprint density at radius 3 is 2.25 bits per heavy atom. The van der Waals surface area contributed by atoms with Crippen LogP contribution in [0, 0.1) is 40.4 Å². The molecule has 51 heavy (non-hydrogen) atoms. The van der Waals surface area contributed by atoms with E-state index in [0.29, 0.717) is 19.5 Å². The number of ketones is 1. The molecule has 1 saturated heterocycles. The van der Waals surface area contributed by atoms with Crippen molar-refractivity contribution < 1.29 is 33.5 Å². The van der Waals surface area contributed by atoms with Crippen LogP contribution in [0.4, 0.5) is 9.59 Å². The van der Waals surface area contributed by atoms with E-state index in [0.717, 1.165) is 32.1 Å². The van der Waals surface area contributed by atoms with E-state index in [1.54, 1.807) is 11.8 Å². The Labute approximate surface area is 303 Å². The van der Waals surface area contributed by atoms with Gasteiger partial charge in [0.25, 0.3) is 5.91 Å². The molecule has 3 rings (SSSR count). The molecule has 13 nitrogen and oxygen atoms in total. The first-order valence-electron chi connectivity index (χ1n) is 18.4. The van der Waals surface area contributed by atoms with Crippen LogP contribution in [0.1, 0.15) is 99.8 Å². The van der Waals surface area contributed by atoms with Crippen LogP contribution in [0.15, 0.2) is 12.7 Å². The van der Waals surface area contributed by atoms with E-state index in [4.69, 9.17) is 11.2 Å². The molecule has 2 unspecified atom stereocenters. The number of hydrogen-bond donors (Lipinski definition) is 5. The van der Waals surface area contributed by atoms with Crippen molar-refractivity contribution in [1.29, 1.82) is 0 Å². The maximum atomic E-state index is 14.8. The number of nitrogens with one attached hydrogen (secondary N) is 5. The van der Waals surface area contributed by atoms with E-state index in [1.807, 2.05) is 27.7 Å². The number of piperidine rings is 1. The summed E-state index contributed by atoms with van der Waals surface area (Å²) < 4.78 is 5.27. The van der Waals surface area contributed by atoms with Gasteiger partial charge in [0.2, 0.25) is 17.6 Å². The largest absolute Gasteiger partial charge is 0.449 e. The van der Waals surface area contributed by atoms with Crippen LogP contribution in [-0.4, -0.2) is 90.9 Å². The molecule has 0 aromatic heterocycles. The summed E-state index contributed by atoms with van der Waals surface area (Å²) in [6.45, 7) is 18.3. The van der Waals surface area contributed by atoms with Gasteiger partial charge in [-0.05, 0) is 54.3 Å². The van der Waals surface area contributed by atoms with E-state index in [9.17, 15) is 28.8 Å². The van der Waals surface area contributed by atoms with Crippen LogP contribution < -0.4 is 26.6 Å². The molecule has 284 valence electrons. The van der Waals surface area contributed by atoms with Gasteiger partial charge in [-0.1, -0.05) is 66.9 Å². The van der Waals surface area contributed by atoms with Crippen LogP contribution in [0.25, 0.3) is 0 Å². The van der Waals surface area contributed by atoms with Crippen LogP contribution >= 0.6 is 0 Å². The first kappa shape index (κ1) is 41.3. The number of rotatable bonds is 16. The summed E-state index contributed by atoms with van der Waals surface area (Å²) >= 11 is 0. The number of carbonyl (C=O) groups excluding carboxylic acids is 6. The van der Waals surface area contributed by atoms with Gasteiger partial charge in [-0.25, -0.2) is 9.59 Å². The van der Waals surface area contributed by atoms with Gasteiger partial charge in [-0.15, -0.1) is 18.9 Å². The standard InChI is InChI=1S/C38H60N6O7/c1-10-13-17-25(29(45)32(47)40-21-11-2)41-31(46)28-27-24(37(27,7)8)23-44(28)33(48)30(38(9)19-15-14-16-20-38)43-34(49)42-26(36(4,5)6)18-22-51-35(50)39-12-3/h1,11,24-28,30H,2,12-23H2,3-9H3,(H,39,50)(H,40,47)(H,41,46)(H2,42,43,49)/t24-,25?,26+,27-,28-,30?/m0/s1. The lowest BCUT2D eigenvalue weighted by molar-refractivity contribution is -0.146. The molecule has 0 spiro atoms. The zero-order valence-corrected chi connectivity index (χ0v) is 31.6. The molecular formula is C38H60N6O7. The van der Waals surface area contributed by atoms with Gasteiger partial charge < -0.3 is 36.2 Å². The fourth-order valence-corrected chi connectivity index (χ4v) is 7.84. The highest BCUT2D eigenvalue weighted by atomic mass is 16.5. The van der Waals surface area contributed by atoms with Crippen molar-refractivity contribution in [3.8, 4) is 12.3 Å². The van der Waals surface area contributed by atoms with Gasteiger partial charge in [0.05, 0.1) is 12.6 Å². The summed E-state index contributed by atoms with van der Waals surface area (Å²) in [7, 11) is 0. The normalized spacial score (nSPS) is 23.2. The number of amides is 6. The molecule has 2 aliphatic carbocycles. The molecule has 2 saturated carbocycles.